The Morgan fingerprint density at radius 2 is 2.17 bits per heavy atom. The Morgan fingerprint density at radius 3 is 2.75 bits per heavy atom. The predicted octanol–water partition coefficient (Wildman–Crippen LogP) is 1.52. The van der Waals surface area contributed by atoms with Crippen LogP contribution in [0.4, 0.5) is 8.92 Å². The molecule has 12 heavy (non-hydrogen) atoms. The predicted molar refractivity (Wildman–Crippen MR) is 33.7 cm³/mol. The molecule has 0 aromatic carbocycles. The molecule has 0 spiro atoms. The average molecular weight is 198 g/mol. The van der Waals surface area contributed by atoms with Gasteiger partial charge >= 0.3 is 0 Å². The third kappa shape index (κ3) is 2.72. The zero-order valence-corrected chi connectivity index (χ0v) is 6.51. The number of halogens is 2. The molecule has 0 atom stereocenters. The first-order valence-electron chi connectivity index (χ1n) is 2.81. The van der Waals surface area contributed by atoms with Crippen LogP contribution in [0.2, 0.25) is 0 Å². The van der Waals surface area contributed by atoms with Crippen LogP contribution in [0.5, 0.6) is 0 Å². The van der Waals surface area contributed by atoms with Gasteiger partial charge in [-0.2, -0.15) is 0 Å². The summed E-state index contributed by atoms with van der Waals surface area (Å²) >= 11 is 0.614. The van der Waals surface area contributed by atoms with Crippen LogP contribution < -0.4 is 0 Å². The van der Waals surface area contributed by atoms with Crippen LogP contribution in [-0.4, -0.2) is 10.2 Å². The van der Waals surface area contributed by atoms with Gasteiger partial charge in [0.25, 0.3) is 0 Å². The minimum Gasteiger partial charge on any atom is -0.421 e. The van der Waals surface area contributed by atoms with E-state index in [1.807, 2.05) is 0 Å². The van der Waals surface area contributed by atoms with Gasteiger partial charge in [0.15, 0.2) is 6.67 Å². The molecule has 8 heteroatoms. The molecule has 0 radical (unpaired) electrons. The molecule has 5 nitrogen and oxygen atoms in total. The molecule has 0 saturated carbocycles. The van der Waals surface area contributed by atoms with Crippen LogP contribution in [0.25, 0.3) is 0 Å². The summed E-state index contributed by atoms with van der Waals surface area (Å²) in [5.41, 5.74) is 0. The van der Waals surface area contributed by atoms with Crippen molar-refractivity contribution in [3.8, 4) is 0 Å². The summed E-state index contributed by atoms with van der Waals surface area (Å²) in [7, 11) is 0. The molecule has 1 rings (SSSR count). The van der Waals surface area contributed by atoms with Gasteiger partial charge in [0.05, 0.1) is 0 Å². The van der Waals surface area contributed by atoms with Gasteiger partial charge in [-0.15, -0.1) is 14.5 Å². The van der Waals surface area contributed by atoms with E-state index in [9.17, 15) is 8.92 Å². The molecular weight excluding hydrogens is 194 g/mol. The second-order valence-corrected chi connectivity index (χ2v) is 2.28. The maximum Gasteiger partial charge on any atom is 0.247 e. The van der Waals surface area contributed by atoms with Gasteiger partial charge in [-0.05, 0) is 9.62 Å². The number of hydrogen-bond donors (Lipinski definition) is 0. The number of alkyl halides is 1. The molecule has 0 aliphatic rings. The molecule has 0 saturated heterocycles. The average Bonchev–Trinajstić information content (AvgIpc) is 2.53. The van der Waals surface area contributed by atoms with Crippen molar-refractivity contribution < 1.29 is 22.8 Å². The van der Waals surface area contributed by atoms with Crippen LogP contribution in [0.3, 0.4) is 0 Å². The van der Waals surface area contributed by atoms with E-state index in [1.165, 1.54) is 0 Å². The van der Waals surface area contributed by atoms with Crippen molar-refractivity contribution in [2.24, 2.45) is 0 Å². The number of nitrogens with zero attached hydrogens (tertiary/aromatic N) is 2. The molecule has 0 aliphatic carbocycles. The van der Waals surface area contributed by atoms with E-state index in [1.54, 1.807) is 0 Å². The monoisotopic (exact) mass is 198 g/mol. The van der Waals surface area contributed by atoms with Gasteiger partial charge in [0.1, 0.15) is 5.75 Å². The highest BCUT2D eigenvalue weighted by Crippen LogP contribution is 2.12. The Labute approximate surface area is 70.1 Å². The second kappa shape index (κ2) is 5.01. The van der Waals surface area contributed by atoms with Crippen LogP contribution in [-0.2, 0) is 21.9 Å². The smallest absolute Gasteiger partial charge is 0.247 e. The highest BCUT2D eigenvalue weighted by molar-refractivity contribution is 7.93. The maximum absolute atomic E-state index is 11.8. The highest BCUT2D eigenvalue weighted by Gasteiger charge is 2.05. The van der Waals surface area contributed by atoms with Gasteiger partial charge < -0.3 is 4.42 Å². The lowest BCUT2D eigenvalue weighted by Gasteiger charge is -1.89. The fourth-order valence-corrected chi connectivity index (χ4v) is 0.795. The minimum atomic E-state index is -0.821. The van der Waals surface area contributed by atoms with Crippen molar-refractivity contribution >= 4 is 12.0 Å². The number of rotatable bonds is 5. The summed E-state index contributed by atoms with van der Waals surface area (Å²) in [5.74, 6) is 0.119. The summed E-state index contributed by atoms with van der Waals surface area (Å²) in [5, 5.41) is 9.54. The van der Waals surface area contributed by atoms with Crippen molar-refractivity contribution in [1.82, 2.24) is 10.2 Å². The Balaban J connectivity index is 2.31. The van der Waals surface area contributed by atoms with Crippen molar-refractivity contribution in [1.29, 1.82) is 0 Å². The quantitative estimate of drug-likeness (QED) is 0.309. The highest BCUT2D eigenvalue weighted by atomic mass is 32.2. The van der Waals surface area contributed by atoms with Gasteiger partial charge in [-0.1, -0.05) is 0 Å². The van der Waals surface area contributed by atoms with E-state index in [4.69, 9.17) is 4.42 Å². The van der Waals surface area contributed by atoms with Crippen LogP contribution in [0.1, 0.15) is 11.8 Å². The first-order chi connectivity index (χ1) is 5.86. The summed E-state index contributed by atoms with van der Waals surface area (Å²) in [6.45, 7) is -0.821. The van der Waals surface area contributed by atoms with E-state index in [-0.39, 0.29) is 17.5 Å². The lowest BCUT2D eigenvalue weighted by Crippen LogP contribution is -1.80. The third-order valence-corrected chi connectivity index (χ3v) is 1.39. The number of hydrogen-bond acceptors (Lipinski definition) is 6. The fraction of sp³-hybridized carbons (Fsp3) is 0.500. The normalized spacial score (nSPS) is 10.5. The van der Waals surface area contributed by atoms with Gasteiger partial charge in [0, 0.05) is 12.0 Å². The maximum atomic E-state index is 11.8. The Morgan fingerprint density at radius 1 is 1.42 bits per heavy atom. The molecule has 1 aromatic rings. The molecular formula is C4H4F2N2O3S. The second-order valence-electron chi connectivity index (χ2n) is 1.62. The molecule has 0 aliphatic heterocycles. The van der Waals surface area contributed by atoms with Crippen molar-refractivity contribution in [2.45, 2.75) is 12.4 Å². The Hall–Kier alpha value is -0.730. The topological polar surface area (TPSA) is 57.4 Å². The summed E-state index contributed by atoms with van der Waals surface area (Å²) in [6, 6.07) is 0. The van der Waals surface area contributed by atoms with E-state index in [2.05, 4.69) is 19.6 Å². The standard InChI is InChI=1S/C4H4F2N2O3S/c5-1-3-7-8-4(9-3)2-12-11-10-6/h1-2H2. The molecule has 0 amide bonds. The van der Waals surface area contributed by atoms with E-state index in [0.717, 1.165) is 0 Å². The minimum absolute atomic E-state index is 0.0942. The van der Waals surface area contributed by atoms with Crippen LogP contribution >= 0.6 is 12.0 Å². The molecule has 0 unspecified atom stereocenters. The van der Waals surface area contributed by atoms with Crippen LogP contribution in [0, 0.1) is 0 Å². The first kappa shape index (κ1) is 9.36. The first-order valence-corrected chi connectivity index (χ1v) is 3.72. The molecule has 0 N–H and O–H groups in total. The zero-order chi connectivity index (χ0) is 8.81. The third-order valence-electron chi connectivity index (χ3n) is 0.879. The molecule has 1 aromatic heterocycles. The van der Waals surface area contributed by atoms with Crippen molar-refractivity contribution in [3.63, 3.8) is 0 Å². The van der Waals surface area contributed by atoms with E-state index >= 15 is 0 Å². The van der Waals surface area contributed by atoms with Crippen LogP contribution in [0.15, 0.2) is 4.42 Å². The lowest BCUT2D eigenvalue weighted by atomic mass is 10.7. The molecule has 0 bridgehead atoms. The van der Waals surface area contributed by atoms with Gasteiger partial charge in [-0.25, -0.2) is 4.39 Å². The fourth-order valence-electron chi connectivity index (χ4n) is 0.493. The lowest BCUT2D eigenvalue weighted by molar-refractivity contribution is -0.358. The SMILES string of the molecule is FCc1nnc(CSOOF)o1. The largest absolute Gasteiger partial charge is 0.421 e. The zero-order valence-electron chi connectivity index (χ0n) is 5.70. The van der Waals surface area contributed by atoms with Gasteiger partial charge in [0.2, 0.25) is 11.8 Å². The molecule has 0 fully saturated rings. The summed E-state index contributed by atoms with van der Waals surface area (Å²) in [6.07, 6.45) is 0. The summed E-state index contributed by atoms with van der Waals surface area (Å²) < 4.78 is 31.2. The number of aromatic nitrogens is 2. The van der Waals surface area contributed by atoms with E-state index < -0.39 is 6.67 Å². The Kier molecular flexibility index (Phi) is 3.91. The summed E-state index contributed by atoms with van der Waals surface area (Å²) in [4.78, 5) is 0. The van der Waals surface area contributed by atoms with Crippen molar-refractivity contribution in [3.05, 3.63) is 11.8 Å². The van der Waals surface area contributed by atoms with Gasteiger partial charge in [-0.3, -0.25) is 0 Å². The molecule has 68 valence electrons. The molecule has 1 heterocycles. The van der Waals surface area contributed by atoms with Crippen molar-refractivity contribution in [2.75, 3.05) is 0 Å². The Bertz CT molecular complexity index is 234. The van der Waals surface area contributed by atoms with E-state index in [0.29, 0.717) is 12.0 Å².